The number of nitrogens with zero attached hydrogens (tertiary/aromatic N) is 2. The van der Waals surface area contributed by atoms with E-state index in [1.807, 2.05) is 49.5 Å². The molecule has 0 unspecified atom stereocenters. The fraction of sp³-hybridized carbons (Fsp3) is 0.192. The van der Waals surface area contributed by atoms with Gasteiger partial charge in [0.1, 0.15) is 11.3 Å². The Morgan fingerprint density at radius 1 is 1.00 bits per heavy atom. The number of hydrogen-bond donors (Lipinski definition) is 1. The van der Waals surface area contributed by atoms with Crippen LogP contribution in [0.5, 0.6) is 0 Å². The summed E-state index contributed by atoms with van der Waals surface area (Å²) in [5.74, 6) is -0.296. The standard InChI is InChI=1S/C26H25N3O3/c1-29(26(31)22-10-7-12-24-21(22)14-17-32-24)20(18-19-8-3-2-4-9-19)13-16-28-25(30)23-11-5-6-15-27-23/h2-12,14-15,17,20H,13,16,18H2,1H3,(H,28,30)/t20-/m1/s1. The van der Waals surface area contributed by atoms with Crippen LogP contribution in [0.15, 0.2) is 89.7 Å². The molecule has 6 heteroatoms. The van der Waals surface area contributed by atoms with Crippen molar-refractivity contribution in [2.45, 2.75) is 18.9 Å². The Hall–Kier alpha value is -3.93. The summed E-state index contributed by atoms with van der Waals surface area (Å²) in [6.45, 7) is 0.431. The zero-order valence-corrected chi connectivity index (χ0v) is 17.9. The Morgan fingerprint density at radius 3 is 2.59 bits per heavy atom. The van der Waals surface area contributed by atoms with E-state index in [0.29, 0.717) is 36.2 Å². The number of likely N-dealkylation sites (N-methyl/N-ethyl adjacent to an activating group) is 1. The lowest BCUT2D eigenvalue weighted by atomic mass is 10.0. The van der Waals surface area contributed by atoms with Gasteiger partial charge in [0.15, 0.2) is 0 Å². The van der Waals surface area contributed by atoms with Gasteiger partial charge in [0.25, 0.3) is 11.8 Å². The molecule has 0 bridgehead atoms. The van der Waals surface area contributed by atoms with Crippen LogP contribution in [0.3, 0.4) is 0 Å². The smallest absolute Gasteiger partial charge is 0.269 e. The Balaban J connectivity index is 1.50. The average Bonchev–Trinajstić information content (AvgIpc) is 3.33. The Bertz CT molecular complexity index is 1190. The van der Waals surface area contributed by atoms with Gasteiger partial charge in [-0.2, -0.15) is 0 Å². The number of carbonyl (C=O) groups excluding carboxylic acids is 2. The molecule has 0 saturated heterocycles. The SMILES string of the molecule is CN(C(=O)c1cccc2occc12)[C@H](CCNC(=O)c1ccccn1)Cc1ccccc1. The molecule has 2 aromatic carbocycles. The monoisotopic (exact) mass is 427 g/mol. The van der Waals surface area contributed by atoms with E-state index in [1.54, 1.807) is 35.6 Å². The highest BCUT2D eigenvalue weighted by Gasteiger charge is 2.23. The van der Waals surface area contributed by atoms with Crippen LogP contribution in [0, 0.1) is 0 Å². The van der Waals surface area contributed by atoms with E-state index in [1.165, 1.54) is 0 Å². The third-order valence-corrected chi connectivity index (χ3v) is 5.57. The number of pyridine rings is 1. The maximum absolute atomic E-state index is 13.4. The predicted octanol–water partition coefficient (Wildman–Crippen LogP) is 4.33. The maximum atomic E-state index is 13.4. The maximum Gasteiger partial charge on any atom is 0.269 e. The molecule has 162 valence electrons. The molecule has 0 saturated carbocycles. The van der Waals surface area contributed by atoms with Crippen molar-refractivity contribution in [3.05, 3.63) is 102 Å². The summed E-state index contributed by atoms with van der Waals surface area (Å²) in [5, 5.41) is 3.72. The largest absolute Gasteiger partial charge is 0.464 e. The normalized spacial score (nSPS) is 11.8. The van der Waals surface area contributed by atoms with Crippen molar-refractivity contribution in [3.63, 3.8) is 0 Å². The van der Waals surface area contributed by atoms with Crippen molar-refractivity contribution in [1.29, 1.82) is 0 Å². The molecule has 0 spiro atoms. The zero-order chi connectivity index (χ0) is 22.3. The number of nitrogens with one attached hydrogen (secondary N) is 1. The molecule has 6 nitrogen and oxygen atoms in total. The van der Waals surface area contributed by atoms with Crippen molar-refractivity contribution in [1.82, 2.24) is 15.2 Å². The topological polar surface area (TPSA) is 75.4 Å². The van der Waals surface area contributed by atoms with Gasteiger partial charge in [0.05, 0.1) is 11.8 Å². The number of furan rings is 1. The number of hydrogen-bond acceptors (Lipinski definition) is 4. The molecule has 0 aliphatic heterocycles. The van der Waals surface area contributed by atoms with Crippen LogP contribution in [0.25, 0.3) is 11.0 Å². The molecule has 2 amide bonds. The summed E-state index contributed by atoms with van der Waals surface area (Å²) in [6, 6.07) is 22.5. The van der Waals surface area contributed by atoms with Gasteiger partial charge in [-0.05, 0) is 48.7 Å². The molecule has 0 radical (unpaired) electrons. The first kappa shape index (κ1) is 21.3. The summed E-state index contributed by atoms with van der Waals surface area (Å²) in [6.07, 6.45) is 4.48. The van der Waals surface area contributed by atoms with Gasteiger partial charge in [-0.3, -0.25) is 14.6 Å². The molecule has 0 aliphatic rings. The van der Waals surface area contributed by atoms with Crippen molar-refractivity contribution >= 4 is 22.8 Å². The van der Waals surface area contributed by atoms with Gasteiger partial charge in [-0.1, -0.05) is 42.5 Å². The molecule has 4 rings (SSSR count). The van der Waals surface area contributed by atoms with Gasteiger partial charge in [0, 0.05) is 31.2 Å². The van der Waals surface area contributed by atoms with Crippen LogP contribution >= 0.6 is 0 Å². The van der Waals surface area contributed by atoms with Gasteiger partial charge < -0.3 is 14.6 Å². The molecule has 4 aromatic rings. The summed E-state index contributed by atoms with van der Waals surface area (Å²) >= 11 is 0. The molecule has 1 atom stereocenters. The van der Waals surface area contributed by atoms with Crippen LogP contribution in [-0.4, -0.2) is 41.3 Å². The fourth-order valence-corrected chi connectivity index (χ4v) is 3.80. The first-order valence-electron chi connectivity index (χ1n) is 10.6. The second-order valence-electron chi connectivity index (χ2n) is 7.66. The van der Waals surface area contributed by atoms with E-state index < -0.39 is 0 Å². The number of carbonyl (C=O) groups is 2. The van der Waals surface area contributed by atoms with Gasteiger partial charge in [-0.25, -0.2) is 0 Å². The van der Waals surface area contributed by atoms with Crippen LogP contribution in [0.2, 0.25) is 0 Å². The number of fused-ring (bicyclic) bond motifs is 1. The first-order valence-corrected chi connectivity index (χ1v) is 10.6. The van der Waals surface area contributed by atoms with Gasteiger partial charge in [0.2, 0.25) is 0 Å². The van der Waals surface area contributed by atoms with E-state index >= 15 is 0 Å². The van der Waals surface area contributed by atoms with E-state index in [0.717, 1.165) is 10.9 Å². The van der Waals surface area contributed by atoms with Gasteiger partial charge >= 0.3 is 0 Å². The van der Waals surface area contributed by atoms with Crippen LogP contribution in [0.4, 0.5) is 0 Å². The predicted molar refractivity (Wildman–Crippen MR) is 123 cm³/mol. The third-order valence-electron chi connectivity index (χ3n) is 5.57. The average molecular weight is 428 g/mol. The lowest BCUT2D eigenvalue weighted by Gasteiger charge is -2.29. The third kappa shape index (κ3) is 4.86. The molecule has 0 aliphatic carbocycles. The van der Waals surface area contributed by atoms with Crippen LogP contribution < -0.4 is 5.32 Å². The van der Waals surface area contributed by atoms with Crippen molar-refractivity contribution in [2.24, 2.45) is 0 Å². The Labute approximate surface area is 186 Å². The van der Waals surface area contributed by atoms with E-state index in [2.05, 4.69) is 22.4 Å². The van der Waals surface area contributed by atoms with Crippen molar-refractivity contribution in [2.75, 3.05) is 13.6 Å². The van der Waals surface area contributed by atoms with E-state index in [-0.39, 0.29) is 17.9 Å². The van der Waals surface area contributed by atoms with E-state index in [9.17, 15) is 9.59 Å². The van der Waals surface area contributed by atoms with E-state index in [4.69, 9.17) is 4.42 Å². The molecular formula is C26H25N3O3. The highest BCUT2D eigenvalue weighted by atomic mass is 16.3. The molecule has 1 N–H and O–H groups in total. The summed E-state index contributed by atoms with van der Waals surface area (Å²) in [4.78, 5) is 31.6. The molecule has 0 fully saturated rings. The summed E-state index contributed by atoms with van der Waals surface area (Å²) in [7, 11) is 1.81. The minimum Gasteiger partial charge on any atom is -0.464 e. The summed E-state index contributed by atoms with van der Waals surface area (Å²) < 4.78 is 5.45. The van der Waals surface area contributed by atoms with Crippen molar-refractivity contribution < 1.29 is 14.0 Å². The Kier molecular flexibility index (Phi) is 6.60. The number of aromatic nitrogens is 1. The molecular weight excluding hydrogens is 402 g/mol. The number of rotatable bonds is 8. The molecule has 2 aromatic heterocycles. The van der Waals surface area contributed by atoms with Crippen LogP contribution in [-0.2, 0) is 6.42 Å². The number of benzene rings is 2. The minimum atomic E-state index is -0.221. The lowest BCUT2D eigenvalue weighted by molar-refractivity contribution is 0.0724. The van der Waals surface area contributed by atoms with Crippen LogP contribution in [0.1, 0.15) is 32.8 Å². The highest BCUT2D eigenvalue weighted by molar-refractivity contribution is 6.05. The summed E-state index contributed by atoms with van der Waals surface area (Å²) in [5.41, 5.74) is 2.80. The quantitative estimate of drug-likeness (QED) is 0.454. The minimum absolute atomic E-state index is 0.0750. The van der Waals surface area contributed by atoms with Crippen molar-refractivity contribution in [3.8, 4) is 0 Å². The second kappa shape index (κ2) is 9.92. The fourth-order valence-electron chi connectivity index (χ4n) is 3.80. The Morgan fingerprint density at radius 2 is 1.81 bits per heavy atom. The molecule has 32 heavy (non-hydrogen) atoms. The zero-order valence-electron chi connectivity index (χ0n) is 17.9. The molecule has 2 heterocycles. The first-order chi connectivity index (χ1) is 15.6. The second-order valence-corrected chi connectivity index (χ2v) is 7.66. The lowest BCUT2D eigenvalue weighted by Crippen LogP contribution is -2.41. The number of amides is 2. The highest BCUT2D eigenvalue weighted by Crippen LogP contribution is 2.22. The van der Waals surface area contributed by atoms with Gasteiger partial charge in [-0.15, -0.1) is 0 Å².